The average Bonchev–Trinajstić information content (AvgIpc) is 2.70. The molecule has 0 spiro atoms. The van der Waals surface area contributed by atoms with Gasteiger partial charge < -0.3 is 9.80 Å². The smallest absolute Gasteiger partial charge is 0.222 e. The summed E-state index contributed by atoms with van der Waals surface area (Å²) in [6.07, 6.45) is 4.79. The molecule has 0 saturated carbocycles. The maximum Gasteiger partial charge on any atom is 0.222 e. The molecule has 1 saturated heterocycles. The van der Waals surface area contributed by atoms with E-state index in [-0.39, 0.29) is 0 Å². The average molecular weight is 395 g/mol. The monoisotopic (exact) mass is 394 g/mol. The van der Waals surface area contributed by atoms with E-state index in [1.165, 1.54) is 16.7 Å². The first-order chi connectivity index (χ1) is 14.0. The summed E-state index contributed by atoms with van der Waals surface area (Å²) in [5.74, 6) is 2.14. The summed E-state index contributed by atoms with van der Waals surface area (Å²) in [5.41, 5.74) is 4.80. The van der Waals surface area contributed by atoms with Crippen molar-refractivity contribution in [2.24, 2.45) is 0 Å². The lowest BCUT2D eigenvalue weighted by molar-refractivity contribution is -0.131. The van der Waals surface area contributed by atoms with E-state index in [0.717, 1.165) is 69.2 Å². The topological polar surface area (TPSA) is 49.3 Å². The van der Waals surface area contributed by atoms with Crippen LogP contribution in [0.3, 0.4) is 0 Å². The molecular weight excluding hydrogens is 360 g/mol. The van der Waals surface area contributed by atoms with Crippen molar-refractivity contribution in [2.75, 3.05) is 31.1 Å². The van der Waals surface area contributed by atoms with E-state index in [0.29, 0.717) is 12.3 Å². The molecule has 5 heteroatoms. The lowest BCUT2D eigenvalue weighted by atomic mass is 10.0. The number of nitrogens with zero attached hydrogens (tertiary/aromatic N) is 4. The number of anilines is 1. The van der Waals surface area contributed by atoms with Gasteiger partial charge in [-0.1, -0.05) is 49.6 Å². The summed E-state index contributed by atoms with van der Waals surface area (Å²) >= 11 is 0. The summed E-state index contributed by atoms with van der Waals surface area (Å²) in [6, 6.07) is 8.64. The second-order valence-corrected chi connectivity index (χ2v) is 8.15. The number of aromatic nitrogens is 2. The number of amides is 1. The zero-order valence-electron chi connectivity index (χ0n) is 18.4. The highest BCUT2D eigenvalue weighted by Gasteiger charge is 2.24. The van der Waals surface area contributed by atoms with Crippen molar-refractivity contribution < 1.29 is 4.79 Å². The zero-order chi connectivity index (χ0) is 20.8. The number of hydrogen-bond acceptors (Lipinski definition) is 4. The van der Waals surface area contributed by atoms with Crippen LogP contribution in [0.4, 0.5) is 5.82 Å². The van der Waals surface area contributed by atoms with Gasteiger partial charge in [0.2, 0.25) is 5.91 Å². The van der Waals surface area contributed by atoms with Crippen molar-refractivity contribution >= 4 is 11.7 Å². The van der Waals surface area contributed by atoms with Gasteiger partial charge in [-0.05, 0) is 32.8 Å². The van der Waals surface area contributed by atoms with E-state index in [9.17, 15) is 4.79 Å². The van der Waals surface area contributed by atoms with Crippen LogP contribution >= 0.6 is 0 Å². The van der Waals surface area contributed by atoms with E-state index in [1.807, 2.05) is 11.8 Å². The molecule has 5 nitrogen and oxygen atoms in total. The lowest BCUT2D eigenvalue weighted by Gasteiger charge is -2.36. The van der Waals surface area contributed by atoms with Crippen molar-refractivity contribution in [3.05, 3.63) is 52.5 Å². The van der Waals surface area contributed by atoms with Gasteiger partial charge in [-0.15, -0.1) is 0 Å². The van der Waals surface area contributed by atoms with E-state index < -0.39 is 0 Å². The minimum Gasteiger partial charge on any atom is -0.353 e. The third-order valence-corrected chi connectivity index (χ3v) is 5.69. The summed E-state index contributed by atoms with van der Waals surface area (Å²) < 4.78 is 0. The van der Waals surface area contributed by atoms with Crippen LogP contribution in [0.25, 0.3) is 0 Å². The molecular formula is C24H34N4O. The second kappa shape index (κ2) is 9.86. The molecule has 1 aromatic carbocycles. The van der Waals surface area contributed by atoms with E-state index in [1.54, 1.807) is 0 Å². The normalized spacial score (nSPS) is 14.3. The van der Waals surface area contributed by atoms with Crippen molar-refractivity contribution in [2.45, 2.75) is 59.8 Å². The summed E-state index contributed by atoms with van der Waals surface area (Å²) in [7, 11) is 0. The number of rotatable bonds is 7. The first-order valence-electron chi connectivity index (χ1n) is 10.9. The number of unbranched alkanes of at least 4 members (excludes halogenated alkanes) is 2. The van der Waals surface area contributed by atoms with Crippen LogP contribution in [0.1, 0.15) is 60.8 Å². The largest absolute Gasteiger partial charge is 0.353 e. The molecule has 0 atom stereocenters. The minimum atomic E-state index is 0.299. The van der Waals surface area contributed by atoms with Crippen molar-refractivity contribution in [1.82, 2.24) is 14.9 Å². The number of benzene rings is 1. The number of piperazine rings is 1. The molecule has 0 N–H and O–H groups in total. The molecule has 2 aromatic rings. The van der Waals surface area contributed by atoms with Gasteiger partial charge in [0.1, 0.15) is 11.6 Å². The molecule has 1 aliphatic heterocycles. The summed E-state index contributed by atoms with van der Waals surface area (Å²) in [6.45, 7) is 11.5. The molecule has 1 amide bonds. The highest BCUT2D eigenvalue weighted by molar-refractivity contribution is 5.76. The fourth-order valence-electron chi connectivity index (χ4n) is 4.06. The molecule has 3 rings (SSSR count). The van der Waals surface area contributed by atoms with Gasteiger partial charge in [0.15, 0.2) is 0 Å². The third-order valence-electron chi connectivity index (χ3n) is 5.69. The van der Waals surface area contributed by atoms with E-state index >= 15 is 0 Å². The van der Waals surface area contributed by atoms with Crippen LogP contribution in [-0.2, 0) is 11.2 Å². The lowest BCUT2D eigenvalue weighted by Crippen LogP contribution is -2.49. The molecule has 0 bridgehead atoms. The highest BCUT2D eigenvalue weighted by Crippen LogP contribution is 2.25. The number of carbonyl (C=O) groups excluding carboxylic acids is 1. The van der Waals surface area contributed by atoms with Gasteiger partial charge in [-0.3, -0.25) is 4.79 Å². The predicted molar refractivity (Wildman–Crippen MR) is 118 cm³/mol. The fourth-order valence-corrected chi connectivity index (χ4v) is 4.06. The quantitative estimate of drug-likeness (QED) is 0.660. The number of hydrogen-bond donors (Lipinski definition) is 0. The Balaban J connectivity index is 1.73. The van der Waals surface area contributed by atoms with Gasteiger partial charge in [0.25, 0.3) is 0 Å². The number of carbonyl (C=O) groups is 1. The maximum atomic E-state index is 12.4. The van der Waals surface area contributed by atoms with Crippen molar-refractivity contribution in [3.63, 3.8) is 0 Å². The molecule has 1 fully saturated rings. The molecule has 0 aliphatic carbocycles. The minimum absolute atomic E-state index is 0.299. The molecule has 0 unspecified atom stereocenters. The second-order valence-electron chi connectivity index (χ2n) is 8.15. The number of aryl methyl sites for hydroxylation is 3. The highest BCUT2D eigenvalue weighted by atomic mass is 16.2. The first-order valence-corrected chi connectivity index (χ1v) is 10.9. The van der Waals surface area contributed by atoms with Crippen molar-refractivity contribution in [1.29, 1.82) is 0 Å². The van der Waals surface area contributed by atoms with Gasteiger partial charge in [0, 0.05) is 50.3 Å². The Morgan fingerprint density at radius 1 is 1.03 bits per heavy atom. The van der Waals surface area contributed by atoms with Crippen LogP contribution in [0, 0.1) is 20.8 Å². The maximum absolute atomic E-state index is 12.4. The SMILES string of the molecule is CCCCCC(=O)N1CCN(c2nc(C)nc(C)c2Cc2cccc(C)c2)CC1. The standard InChI is InChI=1S/C24H34N4O/c1-5-6-7-11-23(29)27-12-14-28(15-13-27)24-22(19(3)25-20(4)26-24)17-21-10-8-9-18(2)16-21/h8-10,16H,5-7,11-15,17H2,1-4H3. The Bertz CT molecular complexity index is 841. The van der Waals surface area contributed by atoms with Gasteiger partial charge in [0.05, 0.1) is 0 Å². The zero-order valence-corrected chi connectivity index (χ0v) is 18.4. The molecule has 1 aliphatic rings. The summed E-state index contributed by atoms with van der Waals surface area (Å²) in [4.78, 5) is 26.3. The third kappa shape index (κ3) is 5.55. The van der Waals surface area contributed by atoms with Crippen LogP contribution in [-0.4, -0.2) is 47.0 Å². The molecule has 0 radical (unpaired) electrons. The fraction of sp³-hybridized carbons (Fsp3) is 0.542. The Morgan fingerprint density at radius 3 is 2.48 bits per heavy atom. The van der Waals surface area contributed by atoms with Crippen LogP contribution in [0.2, 0.25) is 0 Å². The Morgan fingerprint density at radius 2 is 1.79 bits per heavy atom. The molecule has 1 aromatic heterocycles. The van der Waals surface area contributed by atoms with Gasteiger partial charge >= 0.3 is 0 Å². The predicted octanol–water partition coefficient (Wildman–Crippen LogP) is 4.22. The van der Waals surface area contributed by atoms with Crippen LogP contribution in [0.5, 0.6) is 0 Å². The summed E-state index contributed by atoms with van der Waals surface area (Å²) in [5, 5.41) is 0. The Kier molecular flexibility index (Phi) is 7.24. The Hall–Kier alpha value is -2.43. The molecule has 156 valence electrons. The van der Waals surface area contributed by atoms with Crippen molar-refractivity contribution in [3.8, 4) is 0 Å². The van der Waals surface area contributed by atoms with Crippen LogP contribution in [0.15, 0.2) is 24.3 Å². The van der Waals surface area contributed by atoms with E-state index in [2.05, 4.69) is 54.9 Å². The Labute approximate surface area is 175 Å². The molecule has 2 heterocycles. The first kappa shape index (κ1) is 21.3. The molecule has 29 heavy (non-hydrogen) atoms. The van der Waals surface area contributed by atoms with E-state index in [4.69, 9.17) is 4.98 Å². The van der Waals surface area contributed by atoms with Gasteiger partial charge in [-0.25, -0.2) is 9.97 Å². The van der Waals surface area contributed by atoms with Gasteiger partial charge in [-0.2, -0.15) is 0 Å². The van der Waals surface area contributed by atoms with Crippen LogP contribution < -0.4 is 4.90 Å².